The molecular weight excluding hydrogens is 594 g/mol. The Kier molecular flexibility index (Phi) is 9.00. The molecule has 3 aromatic rings. The third-order valence-corrected chi connectivity index (χ3v) is 7.75. The van der Waals surface area contributed by atoms with Gasteiger partial charge < -0.3 is 23.9 Å². The molecule has 3 heterocycles. The molecule has 1 fully saturated rings. The van der Waals surface area contributed by atoms with Crippen LogP contribution in [0.1, 0.15) is 48.3 Å². The highest BCUT2D eigenvalue weighted by atomic mass is 35.5. The molecular formula is C30H30ClF4N3O5. The maximum absolute atomic E-state index is 14.8. The molecule has 0 aliphatic carbocycles. The zero-order valence-corrected chi connectivity index (χ0v) is 24.0. The molecule has 2 aliphatic heterocycles. The summed E-state index contributed by atoms with van der Waals surface area (Å²) in [6.07, 6.45) is 0.942. The number of fused-ring (bicyclic) bond motifs is 1. The molecule has 0 radical (unpaired) electrons. The Morgan fingerprint density at radius 2 is 2.00 bits per heavy atom. The summed E-state index contributed by atoms with van der Waals surface area (Å²) in [4.78, 5) is 17.6. The highest BCUT2D eigenvalue weighted by Gasteiger charge is 2.43. The van der Waals surface area contributed by atoms with Crippen molar-refractivity contribution in [1.29, 1.82) is 0 Å². The van der Waals surface area contributed by atoms with Crippen LogP contribution in [0.2, 0.25) is 5.02 Å². The van der Waals surface area contributed by atoms with Crippen molar-refractivity contribution in [3.05, 3.63) is 82.2 Å². The molecule has 43 heavy (non-hydrogen) atoms. The quantitative estimate of drug-likeness (QED) is 0.159. The maximum Gasteiger partial charge on any atom is 0.411 e. The lowest BCUT2D eigenvalue weighted by Crippen LogP contribution is -2.34. The van der Waals surface area contributed by atoms with E-state index in [1.807, 2.05) is 12.1 Å². The molecule has 0 bridgehead atoms. The van der Waals surface area contributed by atoms with Crippen molar-refractivity contribution in [3.63, 3.8) is 0 Å². The maximum atomic E-state index is 14.8. The fourth-order valence-corrected chi connectivity index (χ4v) is 5.64. The first-order valence-electron chi connectivity index (χ1n) is 13.7. The van der Waals surface area contributed by atoms with E-state index >= 15 is 0 Å². The number of likely N-dealkylation sites (tertiary alicyclic amines) is 1. The second kappa shape index (κ2) is 12.6. The molecule has 1 unspecified atom stereocenters. The van der Waals surface area contributed by atoms with Gasteiger partial charge in [0, 0.05) is 30.1 Å². The summed E-state index contributed by atoms with van der Waals surface area (Å²) < 4.78 is 71.1. The van der Waals surface area contributed by atoms with Crippen LogP contribution in [0, 0.1) is 5.82 Å². The molecule has 1 atom stereocenters. The second-order valence-corrected chi connectivity index (χ2v) is 11.0. The first-order chi connectivity index (χ1) is 20.4. The molecule has 8 nitrogen and oxygen atoms in total. The van der Waals surface area contributed by atoms with Gasteiger partial charge in [-0.3, -0.25) is 4.90 Å². The molecule has 0 spiro atoms. The lowest BCUT2D eigenvalue weighted by atomic mass is 9.88. The topological polar surface area (TPSA) is 86.1 Å². The average Bonchev–Trinajstić information content (AvgIpc) is 3.49. The number of rotatable bonds is 10. The summed E-state index contributed by atoms with van der Waals surface area (Å²) >= 11 is 5.93. The smallest absolute Gasteiger partial charge is 0.411 e. The normalized spacial score (nSPS) is 19.4. The van der Waals surface area contributed by atoms with Crippen LogP contribution < -0.4 is 9.47 Å². The minimum Gasteiger partial charge on any atom is -0.478 e. The average molecular weight is 624 g/mol. The molecule has 1 N–H and O–H groups in total. The van der Waals surface area contributed by atoms with Crippen LogP contribution in [0.4, 0.5) is 17.6 Å². The minimum absolute atomic E-state index is 0.0850. The third-order valence-electron chi connectivity index (χ3n) is 7.51. The Labute approximate surface area is 250 Å². The highest BCUT2D eigenvalue weighted by molar-refractivity contribution is 6.30. The number of hydrogen-bond donors (Lipinski definition) is 1. The fraction of sp³-hybridized carbons (Fsp3) is 0.400. The number of alkyl halides is 3. The standard InChI is InChI=1S/C30H30ClF4N3O5/c1-29(23-7-5-20(31)15-24(23)32)42-25-4-2-3-22(28(25)43-29)19-9-11-37(12-10-19)17-26-36-16-21(6-8-27(39)40)38(26)13-14-41-18-30(33,34)35/h2-8,15-16,19H,9-14,17-18H2,1H3,(H,39,40)/b8-6+. The Hall–Kier alpha value is -3.61. The highest BCUT2D eigenvalue weighted by Crippen LogP contribution is 2.49. The molecule has 0 saturated carbocycles. The van der Waals surface area contributed by atoms with Gasteiger partial charge in [-0.1, -0.05) is 23.7 Å². The summed E-state index contributed by atoms with van der Waals surface area (Å²) in [6, 6.07) is 10.0. The van der Waals surface area contributed by atoms with Crippen molar-refractivity contribution in [3.8, 4) is 11.5 Å². The van der Waals surface area contributed by atoms with Crippen LogP contribution in [0.15, 0.2) is 48.7 Å². The number of nitrogens with zero attached hydrogens (tertiary/aromatic N) is 3. The lowest BCUT2D eigenvalue weighted by molar-refractivity contribution is -0.174. The van der Waals surface area contributed by atoms with Crippen molar-refractivity contribution in [2.75, 3.05) is 26.3 Å². The number of para-hydroxylation sites is 1. The lowest BCUT2D eigenvalue weighted by Gasteiger charge is -2.32. The summed E-state index contributed by atoms with van der Waals surface area (Å²) in [7, 11) is 0. The van der Waals surface area contributed by atoms with E-state index in [9.17, 15) is 22.4 Å². The van der Waals surface area contributed by atoms with Gasteiger partial charge in [-0.05, 0) is 62.2 Å². The number of piperidine rings is 1. The number of aliphatic carboxylic acids is 1. The summed E-state index contributed by atoms with van der Waals surface area (Å²) in [5, 5.41) is 9.29. The number of carboxylic acids is 1. The Balaban J connectivity index is 1.25. The van der Waals surface area contributed by atoms with E-state index < -0.39 is 30.4 Å². The van der Waals surface area contributed by atoms with Crippen molar-refractivity contribution in [2.45, 2.75) is 50.7 Å². The second-order valence-electron chi connectivity index (χ2n) is 10.6. The van der Waals surface area contributed by atoms with Crippen molar-refractivity contribution >= 4 is 23.6 Å². The number of aromatic nitrogens is 2. The molecule has 1 saturated heterocycles. The fourth-order valence-electron chi connectivity index (χ4n) is 5.49. The van der Waals surface area contributed by atoms with E-state index in [1.165, 1.54) is 18.3 Å². The zero-order valence-electron chi connectivity index (χ0n) is 23.2. The first-order valence-corrected chi connectivity index (χ1v) is 14.1. The van der Waals surface area contributed by atoms with Crippen molar-refractivity contribution in [2.24, 2.45) is 0 Å². The number of carbonyl (C=O) groups is 1. The largest absolute Gasteiger partial charge is 0.478 e. The van der Waals surface area contributed by atoms with E-state index in [-0.39, 0.29) is 29.7 Å². The van der Waals surface area contributed by atoms with Gasteiger partial charge in [0.25, 0.3) is 5.79 Å². The van der Waals surface area contributed by atoms with Gasteiger partial charge in [-0.15, -0.1) is 0 Å². The predicted octanol–water partition coefficient (Wildman–Crippen LogP) is 6.38. The number of halogens is 5. The van der Waals surface area contributed by atoms with Gasteiger partial charge in [-0.2, -0.15) is 13.2 Å². The number of imidazole rings is 1. The summed E-state index contributed by atoms with van der Waals surface area (Å²) in [5.41, 5.74) is 1.67. The van der Waals surface area contributed by atoms with E-state index in [1.54, 1.807) is 29.7 Å². The number of hydrogen-bond acceptors (Lipinski definition) is 6. The van der Waals surface area contributed by atoms with E-state index in [2.05, 4.69) is 9.88 Å². The molecule has 2 aromatic carbocycles. The summed E-state index contributed by atoms with van der Waals surface area (Å²) in [6.45, 7) is 2.01. The monoisotopic (exact) mass is 623 g/mol. The van der Waals surface area contributed by atoms with E-state index in [4.69, 9.17) is 30.9 Å². The van der Waals surface area contributed by atoms with Gasteiger partial charge >= 0.3 is 12.1 Å². The molecule has 2 aliphatic rings. The van der Waals surface area contributed by atoms with Gasteiger partial charge in [0.05, 0.1) is 30.6 Å². The Morgan fingerprint density at radius 1 is 1.23 bits per heavy atom. The van der Waals surface area contributed by atoms with Gasteiger partial charge in [0.15, 0.2) is 11.5 Å². The zero-order chi connectivity index (χ0) is 30.8. The molecule has 5 rings (SSSR count). The number of benzene rings is 2. The van der Waals surface area contributed by atoms with Crippen LogP contribution in [0.25, 0.3) is 6.08 Å². The predicted molar refractivity (Wildman–Crippen MR) is 149 cm³/mol. The van der Waals surface area contributed by atoms with E-state index in [0.29, 0.717) is 42.7 Å². The minimum atomic E-state index is -4.44. The molecule has 0 amide bonds. The Bertz CT molecular complexity index is 1500. The van der Waals surface area contributed by atoms with Gasteiger partial charge in [0.1, 0.15) is 18.2 Å². The van der Waals surface area contributed by atoms with Gasteiger partial charge in [-0.25, -0.2) is 14.2 Å². The van der Waals surface area contributed by atoms with Crippen LogP contribution in [-0.2, 0) is 28.4 Å². The Morgan fingerprint density at radius 3 is 2.70 bits per heavy atom. The SMILES string of the molecule is CC1(c2ccc(Cl)cc2F)Oc2cccc(C3CCN(Cc4ncc(/C=C/C(=O)O)n4CCOCC(F)(F)F)CC3)c2O1. The summed E-state index contributed by atoms with van der Waals surface area (Å²) in [5.74, 6) is -1.15. The molecule has 1 aromatic heterocycles. The molecule has 13 heteroatoms. The van der Waals surface area contributed by atoms with Crippen LogP contribution in [0.3, 0.4) is 0 Å². The van der Waals surface area contributed by atoms with Crippen LogP contribution in [-0.4, -0.2) is 58.0 Å². The van der Waals surface area contributed by atoms with Crippen LogP contribution >= 0.6 is 11.6 Å². The van der Waals surface area contributed by atoms with Crippen molar-refractivity contribution < 1.29 is 41.7 Å². The van der Waals surface area contributed by atoms with Crippen LogP contribution in [0.5, 0.6) is 11.5 Å². The third kappa shape index (κ3) is 7.31. The van der Waals surface area contributed by atoms with E-state index in [0.717, 1.165) is 24.5 Å². The molecule has 230 valence electrons. The van der Waals surface area contributed by atoms with Gasteiger partial charge in [0.2, 0.25) is 0 Å². The number of carboxylic acid groups (broad SMARTS) is 1. The van der Waals surface area contributed by atoms with Crippen molar-refractivity contribution in [1.82, 2.24) is 14.5 Å². The first kappa shape index (κ1) is 30.8. The number of ether oxygens (including phenoxy) is 3.